The first-order valence-corrected chi connectivity index (χ1v) is 8.29. The second kappa shape index (κ2) is 5.73. The normalized spacial score (nSPS) is 29.2. The lowest BCUT2D eigenvalue weighted by Gasteiger charge is -2.35. The molecular weight excluding hydrogens is 220 g/mol. The van der Waals surface area contributed by atoms with Crippen LogP contribution in [0.2, 0.25) is 0 Å². The van der Waals surface area contributed by atoms with E-state index in [1.807, 2.05) is 0 Å². The summed E-state index contributed by atoms with van der Waals surface area (Å²) in [4.78, 5) is 5.04. The molecule has 0 aromatic rings. The molecule has 0 aromatic carbocycles. The van der Waals surface area contributed by atoms with Crippen molar-refractivity contribution in [2.24, 2.45) is 10.9 Å². The predicted molar refractivity (Wildman–Crippen MR) is 76.8 cm³/mol. The van der Waals surface area contributed by atoms with E-state index in [2.05, 4.69) is 0 Å². The van der Waals surface area contributed by atoms with Crippen LogP contribution in [0.1, 0.15) is 64.2 Å². The van der Waals surface area contributed by atoms with Crippen molar-refractivity contribution in [1.29, 1.82) is 0 Å². The van der Waals surface area contributed by atoms with Crippen molar-refractivity contribution in [2.75, 3.05) is 26.2 Å². The van der Waals surface area contributed by atoms with Crippen molar-refractivity contribution in [1.82, 2.24) is 0 Å². The second-order valence-corrected chi connectivity index (χ2v) is 6.74. The minimum Gasteiger partial charge on any atom is -0.279 e. The van der Waals surface area contributed by atoms with Gasteiger partial charge < -0.3 is 0 Å². The molecule has 2 aliphatic heterocycles. The average Bonchev–Trinajstić information content (AvgIpc) is 2.79. The van der Waals surface area contributed by atoms with E-state index in [-0.39, 0.29) is 0 Å². The molecule has 2 heteroatoms. The summed E-state index contributed by atoms with van der Waals surface area (Å²) >= 11 is 0. The maximum Gasteiger partial charge on any atom is 0.198 e. The molecule has 0 unspecified atom stereocenters. The second-order valence-electron chi connectivity index (χ2n) is 6.74. The SMILES string of the molecule is C1CCC(CC2=NCCCC[N+]23CCCC3)CC1. The van der Waals surface area contributed by atoms with Gasteiger partial charge in [0.2, 0.25) is 0 Å². The minimum atomic E-state index is 0.964. The zero-order valence-electron chi connectivity index (χ0n) is 11.9. The Morgan fingerprint density at radius 2 is 1.50 bits per heavy atom. The van der Waals surface area contributed by atoms with Crippen LogP contribution in [-0.2, 0) is 0 Å². The van der Waals surface area contributed by atoms with Crippen molar-refractivity contribution in [3.8, 4) is 0 Å². The maximum absolute atomic E-state index is 5.04. The highest BCUT2D eigenvalue weighted by Gasteiger charge is 2.39. The van der Waals surface area contributed by atoms with E-state index in [9.17, 15) is 0 Å². The van der Waals surface area contributed by atoms with Gasteiger partial charge in [0, 0.05) is 25.8 Å². The Hall–Kier alpha value is -0.370. The third-order valence-electron chi connectivity index (χ3n) is 5.45. The van der Waals surface area contributed by atoms with Crippen LogP contribution in [0.25, 0.3) is 0 Å². The van der Waals surface area contributed by atoms with Crippen LogP contribution in [0, 0.1) is 5.92 Å². The van der Waals surface area contributed by atoms with Gasteiger partial charge in [-0.1, -0.05) is 19.3 Å². The summed E-state index contributed by atoms with van der Waals surface area (Å²) in [5.41, 5.74) is 0. The molecule has 1 saturated carbocycles. The van der Waals surface area contributed by atoms with Crippen LogP contribution in [0.15, 0.2) is 4.99 Å². The third kappa shape index (κ3) is 2.64. The van der Waals surface area contributed by atoms with Crippen molar-refractivity contribution in [2.45, 2.75) is 64.2 Å². The van der Waals surface area contributed by atoms with Crippen LogP contribution in [-0.4, -0.2) is 36.5 Å². The number of hydrogen-bond acceptors (Lipinski definition) is 1. The Labute approximate surface area is 112 Å². The van der Waals surface area contributed by atoms with Gasteiger partial charge in [-0.25, -0.2) is 4.99 Å². The molecule has 0 aromatic heterocycles. The quantitative estimate of drug-likeness (QED) is 0.661. The number of amidine groups is 1. The topological polar surface area (TPSA) is 12.4 Å². The van der Waals surface area contributed by atoms with Crippen molar-refractivity contribution >= 4 is 5.84 Å². The fourth-order valence-electron chi connectivity index (χ4n) is 4.34. The summed E-state index contributed by atoms with van der Waals surface area (Å²) in [6.45, 7) is 5.30. The highest BCUT2D eigenvalue weighted by molar-refractivity contribution is 5.76. The average molecular weight is 249 g/mol. The van der Waals surface area contributed by atoms with Crippen molar-refractivity contribution in [3.05, 3.63) is 0 Å². The lowest BCUT2D eigenvalue weighted by Crippen LogP contribution is -2.51. The molecule has 0 N–H and O–H groups in total. The molecule has 0 bridgehead atoms. The predicted octanol–water partition coefficient (Wildman–Crippen LogP) is 3.76. The fraction of sp³-hybridized carbons (Fsp3) is 0.938. The number of hydrogen-bond donors (Lipinski definition) is 0. The molecule has 0 atom stereocenters. The van der Waals surface area contributed by atoms with Crippen LogP contribution in [0.3, 0.4) is 0 Å². The standard InChI is InChI=1S/C16H29N2/c1-2-8-15(9-3-1)14-16-17-10-4-5-11-18(16)12-6-7-13-18/h15H,1-14H2/q+1. The number of rotatable bonds is 2. The van der Waals surface area contributed by atoms with Crippen LogP contribution < -0.4 is 0 Å². The molecule has 1 saturated heterocycles. The first-order valence-electron chi connectivity index (χ1n) is 8.29. The van der Waals surface area contributed by atoms with E-state index < -0.39 is 0 Å². The maximum atomic E-state index is 5.04. The summed E-state index contributed by atoms with van der Waals surface area (Å²) < 4.78 is 1.30. The zero-order valence-corrected chi connectivity index (χ0v) is 11.9. The lowest BCUT2D eigenvalue weighted by atomic mass is 9.86. The fourth-order valence-corrected chi connectivity index (χ4v) is 4.34. The van der Waals surface area contributed by atoms with E-state index in [0.29, 0.717) is 0 Å². The molecule has 0 radical (unpaired) electrons. The van der Waals surface area contributed by atoms with Gasteiger partial charge in [-0.05, 0) is 31.6 Å². The molecule has 2 nitrogen and oxygen atoms in total. The molecule has 2 heterocycles. The van der Waals surface area contributed by atoms with Crippen molar-refractivity contribution < 1.29 is 4.48 Å². The Bertz CT molecular complexity index is 296. The van der Waals surface area contributed by atoms with Crippen LogP contribution >= 0.6 is 0 Å². The van der Waals surface area contributed by atoms with Gasteiger partial charge in [-0.3, -0.25) is 4.48 Å². The molecule has 102 valence electrons. The first-order chi connectivity index (χ1) is 8.89. The van der Waals surface area contributed by atoms with Gasteiger partial charge in [0.15, 0.2) is 5.84 Å². The molecule has 18 heavy (non-hydrogen) atoms. The van der Waals surface area contributed by atoms with Gasteiger partial charge in [0.05, 0.1) is 19.6 Å². The van der Waals surface area contributed by atoms with Gasteiger partial charge in [0.1, 0.15) is 0 Å². The molecule has 3 aliphatic rings. The zero-order chi connectivity index (χ0) is 12.3. The minimum absolute atomic E-state index is 0.964. The summed E-state index contributed by atoms with van der Waals surface area (Å²) in [5.74, 6) is 2.57. The van der Waals surface area contributed by atoms with Crippen LogP contribution in [0.5, 0.6) is 0 Å². The number of quaternary nitrogens is 1. The smallest absolute Gasteiger partial charge is 0.198 e. The summed E-state index contributed by atoms with van der Waals surface area (Å²) in [5, 5.41) is 0. The molecular formula is C16H29N2+. The lowest BCUT2D eigenvalue weighted by molar-refractivity contribution is -0.830. The Morgan fingerprint density at radius 1 is 0.833 bits per heavy atom. The van der Waals surface area contributed by atoms with Crippen LogP contribution in [0.4, 0.5) is 0 Å². The van der Waals surface area contributed by atoms with Crippen molar-refractivity contribution in [3.63, 3.8) is 0 Å². The summed E-state index contributed by atoms with van der Waals surface area (Å²) in [6.07, 6.45) is 14.3. The van der Waals surface area contributed by atoms with E-state index in [1.165, 1.54) is 88.3 Å². The van der Waals surface area contributed by atoms with E-state index in [0.717, 1.165) is 12.5 Å². The molecule has 0 amide bonds. The Morgan fingerprint density at radius 3 is 2.22 bits per heavy atom. The molecule has 1 spiro atoms. The van der Waals surface area contributed by atoms with Gasteiger partial charge in [-0.15, -0.1) is 0 Å². The van der Waals surface area contributed by atoms with E-state index >= 15 is 0 Å². The first kappa shape index (κ1) is 12.7. The highest BCUT2D eigenvalue weighted by Crippen LogP contribution is 2.32. The molecule has 2 fully saturated rings. The Balaban J connectivity index is 1.71. The van der Waals surface area contributed by atoms with E-state index in [4.69, 9.17) is 4.99 Å². The van der Waals surface area contributed by atoms with Gasteiger partial charge in [-0.2, -0.15) is 0 Å². The van der Waals surface area contributed by atoms with Gasteiger partial charge in [0.25, 0.3) is 0 Å². The monoisotopic (exact) mass is 249 g/mol. The van der Waals surface area contributed by atoms with Gasteiger partial charge >= 0.3 is 0 Å². The van der Waals surface area contributed by atoms with E-state index in [1.54, 1.807) is 5.84 Å². The number of aliphatic imine (C=N–C) groups is 1. The highest BCUT2D eigenvalue weighted by atomic mass is 15.4. The number of nitrogens with zero attached hydrogens (tertiary/aromatic N) is 2. The molecule has 1 aliphatic carbocycles. The largest absolute Gasteiger partial charge is 0.279 e. The summed E-state index contributed by atoms with van der Waals surface area (Å²) in [7, 11) is 0. The molecule has 3 rings (SSSR count). The summed E-state index contributed by atoms with van der Waals surface area (Å²) in [6, 6.07) is 0. The third-order valence-corrected chi connectivity index (χ3v) is 5.45. The Kier molecular flexibility index (Phi) is 4.03.